The van der Waals surface area contributed by atoms with Gasteiger partial charge in [-0.2, -0.15) is 0 Å². The summed E-state index contributed by atoms with van der Waals surface area (Å²) < 4.78 is 10.5. The van der Waals surface area contributed by atoms with E-state index >= 15 is 0 Å². The van der Waals surface area contributed by atoms with Crippen LogP contribution in [0.3, 0.4) is 0 Å². The lowest BCUT2D eigenvalue weighted by Crippen LogP contribution is -2.24. The van der Waals surface area contributed by atoms with Crippen LogP contribution >= 0.6 is 0 Å². The molecule has 0 spiro atoms. The number of carboxylic acid groups (broad SMARTS) is 1. The number of hydrogen-bond acceptors (Lipinski definition) is 6. The summed E-state index contributed by atoms with van der Waals surface area (Å²) in [6.07, 6.45) is 1.77. The number of aromatic nitrogens is 2. The van der Waals surface area contributed by atoms with Crippen molar-refractivity contribution in [2.75, 3.05) is 44.9 Å². The van der Waals surface area contributed by atoms with Gasteiger partial charge in [0, 0.05) is 24.7 Å². The summed E-state index contributed by atoms with van der Waals surface area (Å²) in [7, 11) is 1.94. The third kappa shape index (κ3) is 6.10. The van der Waals surface area contributed by atoms with E-state index in [9.17, 15) is 4.79 Å². The lowest BCUT2D eigenvalue weighted by Gasteiger charge is -2.20. The van der Waals surface area contributed by atoms with E-state index < -0.39 is 5.97 Å². The highest BCUT2D eigenvalue weighted by Gasteiger charge is 2.13. The summed E-state index contributed by atoms with van der Waals surface area (Å²) in [5.74, 6) is -0.235. The van der Waals surface area contributed by atoms with Crippen LogP contribution in [0.5, 0.6) is 0 Å². The molecule has 0 radical (unpaired) electrons. The van der Waals surface area contributed by atoms with E-state index in [-0.39, 0.29) is 13.2 Å². The van der Waals surface area contributed by atoms with Gasteiger partial charge in [-0.15, -0.1) is 0 Å². The van der Waals surface area contributed by atoms with E-state index in [1.54, 1.807) is 6.20 Å². The number of aliphatic carboxylic acids is 1. The van der Waals surface area contributed by atoms with Crippen molar-refractivity contribution < 1.29 is 19.4 Å². The normalized spacial score (nSPS) is 10.7. The highest BCUT2D eigenvalue weighted by Crippen LogP contribution is 2.30. The monoisotopic (exact) mass is 407 g/mol. The van der Waals surface area contributed by atoms with Crippen LogP contribution in [0.15, 0.2) is 66.9 Å². The van der Waals surface area contributed by atoms with Crippen LogP contribution in [-0.4, -0.2) is 61.1 Å². The summed E-state index contributed by atoms with van der Waals surface area (Å²) in [6, 6.07) is 20.0. The molecule has 0 aliphatic rings. The van der Waals surface area contributed by atoms with Crippen LogP contribution in [0.4, 0.5) is 5.82 Å². The average molecular weight is 407 g/mol. The van der Waals surface area contributed by atoms with Gasteiger partial charge in [-0.3, -0.25) is 4.98 Å². The smallest absolute Gasteiger partial charge is 0.329 e. The van der Waals surface area contributed by atoms with Crippen molar-refractivity contribution in [1.29, 1.82) is 0 Å². The molecular formula is C23H25N3O4. The third-order valence-corrected chi connectivity index (χ3v) is 4.41. The molecule has 0 unspecified atom stereocenters. The number of nitrogens with zero attached hydrogens (tertiary/aromatic N) is 3. The number of benzene rings is 2. The van der Waals surface area contributed by atoms with Crippen LogP contribution in [0.1, 0.15) is 0 Å². The summed E-state index contributed by atoms with van der Waals surface area (Å²) in [6.45, 7) is 1.37. The zero-order chi connectivity index (χ0) is 21.2. The highest BCUT2D eigenvalue weighted by atomic mass is 16.5. The maximum atomic E-state index is 10.4. The Kier molecular flexibility index (Phi) is 7.88. The van der Waals surface area contributed by atoms with Gasteiger partial charge in [0.05, 0.1) is 37.4 Å². The molecule has 1 N–H and O–H groups in total. The van der Waals surface area contributed by atoms with E-state index in [4.69, 9.17) is 24.5 Å². The molecule has 1 aromatic heterocycles. The van der Waals surface area contributed by atoms with Crippen molar-refractivity contribution in [3.63, 3.8) is 0 Å². The molecule has 1 heterocycles. The molecule has 0 aliphatic heterocycles. The number of ether oxygens (including phenoxy) is 2. The van der Waals surface area contributed by atoms with E-state index in [2.05, 4.69) is 0 Å². The molecule has 0 bridgehead atoms. The Morgan fingerprint density at radius 1 is 0.900 bits per heavy atom. The standard InChI is InChI=1S/C23H25N3O4/c1-26(12-13-29-14-15-30-17-21(27)28)20-16-24-22(18-8-4-2-5-9-18)23(25-20)19-10-6-3-7-11-19/h2-11,16H,12-15,17H2,1H3,(H,27,28). The van der Waals surface area contributed by atoms with Gasteiger partial charge in [-0.25, -0.2) is 9.78 Å². The molecule has 2 aromatic carbocycles. The number of hydrogen-bond donors (Lipinski definition) is 1. The molecule has 3 rings (SSSR count). The van der Waals surface area contributed by atoms with Gasteiger partial charge in [0.2, 0.25) is 0 Å². The fraction of sp³-hybridized carbons (Fsp3) is 0.261. The first-order valence-electron chi connectivity index (χ1n) is 9.71. The highest BCUT2D eigenvalue weighted by molar-refractivity contribution is 5.78. The third-order valence-electron chi connectivity index (χ3n) is 4.41. The molecule has 7 nitrogen and oxygen atoms in total. The van der Waals surface area contributed by atoms with Gasteiger partial charge in [0.15, 0.2) is 0 Å². The molecule has 7 heteroatoms. The van der Waals surface area contributed by atoms with Gasteiger partial charge in [0.25, 0.3) is 0 Å². The molecule has 0 saturated carbocycles. The summed E-state index contributed by atoms with van der Waals surface area (Å²) in [5.41, 5.74) is 3.69. The van der Waals surface area contributed by atoms with E-state index in [1.165, 1.54) is 0 Å². The summed E-state index contributed by atoms with van der Waals surface area (Å²) in [4.78, 5) is 22.0. The van der Waals surface area contributed by atoms with Crippen molar-refractivity contribution in [2.24, 2.45) is 0 Å². The molecule has 3 aromatic rings. The van der Waals surface area contributed by atoms with E-state index in [1.807, 2.05) is 72.6 Å². The molecule has 0 saturated heterocycles. The molecular weight excluding hydrogens is 382 g/mol. The van der Waals surface area contributed by atoms with Gasteiger partial charge in [-0.1, -0.05) is 60.7 Å². The molecule has 156 valence electrons. The Labute approximate surface area is 175 Å². The minimum absolute atomic E-state index is 0.250. The topological polar surface area (TPSA) is 84.8 Å². The number of carboxylic acids is 1. The largest absolute Gasteiger partial charge is 0.480 e. The second-order valence-electron chi connectivity index (χ2n) is 6.64. The Balaban J connectivity index is 1.68. The lowest BCUT2D eigenvalue weighted by molar-refractivity contribution is -0.142. The van der Waals surface area contributed by atoms with Crippen molar-refractivity contribution in [3.05, 3.63) is 66.9 Å². The molecule has 0 amide bonds. The summed E-state index contributed by atoms with van der Waals surface area (Å²) >= 11 is 0. The Hall–Kier alpha value is -3.29. The first-order valence-corrected chi connectivity index (χ1v) is 9.71. The fourth-order valence-corrected chi connectivity index (χ4v) is 2.86. The van der Waals surface area contributed by atoms with Gasteiger partial charge in [0.1, 0.15) is 12.4 Å². The van der Waals surface area contributed by atoms with Crippen LogP contribution in [-0.2, 0) is 14.3 Å². The molecule has 30 heavy (non-hydrogen) atoms. The fourth-order valence-electron chi connectivity index (χ4n) is 2.86. The number of rotatable bonds is 11. The lowest BCUT2D eigenvalue weighted by atomic mass is 10.0. The Bertz CT molecular complexity index is 936. The summed E-state index contributed by atoms with van der Waals surface area (Å²) in [5, 5.41) is 8.53. The SMILES string of the molecule is CN(CCOCCOCC(=O)O)c1cnc(-c2ccccc2)c(-c2ccccc2)n1. The van der Waals surface area contributed by atoms with E-state index in [0.717, 1.165) is 28.3 Å². The predicted molar refractivity (Wildman–Crippen MR) is 115 cm³/mol. The minimum Gasteiger partial charge on any atom is -0.480 e. The Morgan fingerprint density at radius 3 is 2.13 bits per heavy atom. The molecule has 0 aliphatic carbocycles. The van der Waals surface area contributed by atoms with Gasteiger partial charge >= 0.3 is 5.97 Å². The van der Waals surface area contributed by atoms with Crippen molar-refractivity contribution in [1.82, 2.24) is 9.97 Å². The number of likely N-dealkylation sites (N-methyl/N-ethyl adjacent to an activating group) is 1. The second kappa shape index (κ2) is 11.0. The number of carbonyl (C=O) groups is 1. The van der Waals surface area contributed by atoms with Crippen LogP contribution in [0.2, 0.25) is 0 Å². The van der Waals surface area contributed by atoms with E-state index in [0.29, 0.717) is 19.8 Å². The first-order chi connectivity index (χ1) is 14.6. The molecule has 0 fully saturated rings. The van der Waals surface area contributed by atoms with Crippen LogP contribution in [0, 0.1) is 0 Å². The first kappa shape index (κ1) is 21.4. The zero-order valence-electron chi connectivity index (χ0n) is 16.9. The predicted octanol–water partition coefficient (Wildman–Crippen LogP) is 3.36. The number of anilines is 1. The van der Waals surface area contributed by atoms with Crippen molar-refractivity contribution >= 4 is 11.8 Å². The van der Waals surface area contributed by atoms with Crippen molar-refractivity contribution in [3.8, 4) is 22.5 Å². The maximum Gasteiger partial charge on any atom is 0.329 e. The molecule has 0 atom stereocenters. The van der Waals surface area contributed by atoms with Crippen LogP contribution in [0.25, 0.3) is 22.5 Å². The quantitative estimate of drug-likeness (QED) is 0.488. The van der Waals surface area contributed by atoms with Crippen LogP contribution < -0.4 is 4.90 Å². The Morgan fingerprint density at radius 2 is 1.50 bits per heavy atom. The minimum atomic E-state index is -0.985. The van der Waals surface area contributed by atoms with Gasteiger partial charge in [-0.05, 0) is 0 Å². The average Bonchev–Trinajstić information content (AvgIpc) is 2.79. The zero-order valence-corrected chi connectivity index (χ0v) is 16.9. The second-order valence-corrected chi connectivity index (χ2v) is 6.64. The van der Waals surface area contributed by atoms with Crippen molar-refractivity contribution in [2.45, 2.75) is 0 Å². The van der Waals surface area contributed by atoms with Gasteiger partial charge < -0.3 is 19.5 Å². The maximum absolute atomic E-state index is 10.4.